The molecule has 4 rings (SSSR count). The minimum Gasteiger partial charge on any atom is -0.481 e. The average Bonchev–Trinajstić information content (AvgIpc) is 3.50. The van der Waals surface area contributed by atoms with E-state index in [0.717, 1.165) is 0 Å². The summed E-state index contributed by atoms with van der Waals surface area (Å²) in [5.74, 6) is -4.65. The lowest BCUT2D eigenvalue weighted by molar-refractivity contribution is -0.140. The predicted octanol–water partition coefficient (Wildman–Crippen LogP) is -2.14. The Hall–Kier alpha value is -4.24. The van der Waals surface area contributed by atoms with Crippen LogP contribution in [0.5, 0.6) is 0 Å². The largest absolute Gasteiger partial charge is 0.491 e. The fourth-order valence-electron chi connectivity index (χ4n) is 4.75. The van der Waals surface area contributed by atoms with Crippen molar-refractivity contribution < 1.29 is 53.5 Å². The molecule has 0 saturated heterocycles. The van der Waals surface area contributed by atoms with Crippen molar-refractivity contribution in [2.24, 2.45) is 0 Å². The normalized spacial score (nSPS) is 15.7. The number of carboxylic acid groups (broad SMARTS) is 2. The highest BCUT2D eigenvalue weighted by Crippen LogP contribution is 2.14. The summed E-state index contributed by atoms with van der Waals surface area (Å²) in [6.07, 6.45) is -1.16. The van der Waals surface area contributed by atoms with Gasteiger partial charge in [-0.3, -0.25) is 24.0 Å². The fraction of sp³-hybridized carbons (Fsp3) is 0.346. The van der Waals surface area contributed by atoms with Crippen LogP contribution in [0.3, 0.4) is 0 Å². The van der Waals surface area contributed by atoms with E-state index < -0.39 is 74.9 Å². The van der Waals surface area contributed by atoms with E-state index in [9.17, 15) is 39.1 Å². The van der Waals surface area contributed by atoms with Crippen LogP contribution in [-0.4, -0.2) is 82.3 Å². The van der Waals surface area contributed by atoms with Gasteiger partial charge in [-0.2, -0.15) is 0 Å². The van der Waals surface area contributed by atoms with Crippen molar-refractivity contribution in [3.8, 4) is 0 Å². The monoisotopic (exact) mass is 581 g/mol. The highest BCUT2D eigenvalue weighted by atomic mass is 16.5. The SMILES string of the molecule is C[C@H](NC(=O)c1ccc2c(c1)B(O)OC2)[C@H](NC(=O)c1ccc2c(c1)B(O)OC2)C(=O)NC(CCC(=O)O)CC(=O)O. The fourth-order valence-corrected chi connectivity index (χ4v) is 4.75. The summed E-state index contributed by atoms with van der Waals surface area (Å²) >= 11 is 0. The van der Waals surface area contributed by atoms with Crippen molar-refractivity contribution in [1.29, 1.82) is 0 Å². The van der Waals surface area contributed by atoms with Gasteiger partial charge in [-0.05, 0) is 59.7 Å². The number of hydrogen-bond donors (Lipinski definition) is 7. The van der Waals surface area contributed by atoms with Crippen molar-refractivity contribution in [3.05, 3.63) is 58.7 Å². The van der Waals surface area contributed by atoms with Crippen molar-refractivity contribution in [2.45, 2.75) is 57.5 Å². The lowest BCUT2D eigenvalue weighted by atomic mass is 9.78. The molecule has 2 heterocycles. The van der Waals surface area contributed by atoms with Crippen LogP contribution in [0.1, 0.15) is 58.0 Å². The molecule has 2 aromatic carbocycles. The maximum absolute atomic E-state index is 13.4. The second-order valence-corrected chi connectivity index (χ2v) is 10.1. The van der Waals surface area contributed by atoms with Crippen LogP contribution in [0.25, 0.3) is 0 Å². The van der Waals surface area contributed by atoms with Crippen LogP contribution < -0.4 is 26.9 Å². The van der Waals surface area contributed by atoms with Crippen molar-refractivity contribution in [2.75, 3.05) is 0 Å². The Morgan fingerprint density at radius 2 is 1.33 bits per heavy atom. The van der Waals surface area contributed by atoms with E-state index in [0.29, 0.717) is 22.1 Å². The zero-order valence-corrected chi connectivity index (χ0v) is 22.5. The molecule has 7 N–H and O–H groups in total. The zero-order chi connectivity index (χ0) is 30.6. The van der Waals surface area contributed by atoms with Crippen LogP contribution in [-0.2, 0) is 36.9 Å². The van der Waals surface area contributed by atoms with E-state index in [1.165, 1.54) is 31.2 Å². The van der Waals surface area contributed by atoms with E-state index >= 15 is 0 Å². The van der Waals surface area contributed by atoms with Crippen molar-refractivity contribution in [3.63, 3.8) is 0 Å². The van der Waals surface area contributed by atoms with Gasteiger partial charge in [-0.25, -0.2) is 0 Å². The minimum absolute atomic E-state index is 0.0928. The van der Waals surface area contributed by atoms with Crippen molar-refractivity contribution >= 4 is 54.8 Å². The highest BCUT2D eigenvalue weighted by molar-refractivity contribution is 6.62. The van der Waals surface area contributed by atoms with Gasteiger partial charge in [0.15, 0.2) is 0 Å². The van der Waals surface area contributed by atoms with Gasteiger partial charge < -0.3 is 45.5 Å². The number of carboxylic acids is 2. The molecule has 0 aromatic heterocycles. The molecule has 2 aromatic rings. The summed E-state index contributed by atoms with van der Waals surface area (Å²) < 4.78 is 10.3. The van der Waals surface area contributed by atoms with E-state index in [2.05, 4.69) is 16.0 Å². The molecule has 3 atom stereocenters. The summed E-state index contributed by atoms with van der Waals surface area (Å²) in [6, 6.07) is 5.54. The molecular formula is C26H29B2N3O11. The molecule has 0 spiro atoms. The molecule has 0 aliphatic carbocycles. The van der Waals surface area contributed by atoms with E-state index in [-0.39, 0.29) is 30.8 Å². The zero-order valence-electron chi connectivity index (χ0n) is 22.5. The number of carbonyl (C=O) groups is 5. The quantitative estimate of drug-likeness (QED) is 0.134. The first kappa shape index (κ1) is 30.7. The van der Waals surface area contributed by atoms with Crippen molar-refractivity contribution in [1.82, 2.24) is 16.0 Å². The average molecular weight is 581 g/mol. The third-order valence-electron chi connectivity index (χ3n) is 7.04. The predicted molar refractivity (Wildman–Crippen MR) is 147 cm³/mol. The first-order valence-corrected chi connectivity index (χ1v) is 13.1. The standard InChI is InChI=1S/C26H29B2N3O11/c1-13(29-24(36)14-2-4-16-11-41-27(39)19(16)8-14)23(26(38)30-18(10-22(34)35)6-7-21(32)33)31-25(37)15-3-5-17-12-42-28(40)20(17)9-15/h2-5,8-9,13,18,23,39-40H,6-7,10-12H2,1H3,(H,29,36)(H,30,38)(H,31,37)(H,32,33)(H,34,35)/t13-,18?,23-/m0/s1. The molecule has 14 nitrogen and oxygen atoms in total. The molecule has 2 aliphatic heterocycles. The van der Waals surface area contributed by atoms with E-state index in [4.69, 9.17) is 14.4 Å². The van der Waals surface area contributed by atoms with Crippen LogP contribution in [0.2, 0.25) is 0 Å². The Kier molecular flexibility index (Phi) is 9.63. The molecule has 0 radical (unpaired) electrons. The molecule has 220 valence electrons. The molecule has 16 heteroatoms. The number of carbonyl (C=O) groups excluding carboxylic acids is 3. The number of hydrogen-bond acceptors (Lipinski definition) is 9. The molecule has 1 unspecified atom stereocenters. The summed E-state index contributed by atoms with van der Waals surface area (Å²) in [6.45, 7) is 1.81. The third-order valence-corrected chi connectivity index (χ3v) is 7.04. The maximum Gasteiger partial charge on any atom is 0.491 e. The maximum atomic E-state index is 13.4. The third kappa shape index (κ3) is 7.33. The number of aliphatic carboxylic acids is 2. The van der Waals surface area contributed by atoms with Gasteiger partial charge in [0.05, 0.1) is 25.7 Å². The topological polar surface area (TPSA) is 221 Å². The summed E-state index contributed by atoms with van der Waals surface area (Å²) in [7, 11) is -2.40. The molecule has 42 heavy (non-hydrogen) atoms. The molecule has 0 fully saturated rings. The summed E-state index contributed by atoms with van der Waals surface area (Å²) in [5, 5.41) is 46.0. The molecule has 0 saturated carbocycles. The Labute approximate surface area is 240 Å². The Balaban J connectivity index is 1.55. The van der Waals surface area contributed by atoms with Crippen LogP contribution >= 0.6 is 0 Å². The lowest BCUT2D eigenvalue weighted by Gasteiger charge is -2.27. The van der Waals surface area contributed by atoms with E-state index in [1.807, 2.05) is 0 Å². The molecule has 2 aliphatic rings. The minimum atomic E-state index is -1.43. The first-order valence-electron chi connectivity index (χ1n) is 13.1. The first-order chi connectivity index (χ1) is 19.9. The summed E-state index contributed by atoms with van der Waals surface area (Å²) in [4.78, 5) is 62.1. The Morgan fingerprint density at radius 3 is 1.83 bits per heavy atom. The Morgan fingerprint density at radius 1 is 0.810 bits per heavy atom. The van der Waals surface area contributed by atoms with Gasteiger partial charge >= 0.3 is 26.2 Å². The van der Waals surface area contributed by atoms with Gasteiger partial charge in [0.2, 0.25) is 5.91 Å². The number of amides is 3. The van der Waals surface area contributed by atoms with Crippen LogP contribution in [0.4, 0.5) is 0 Å². The van der Waals surface area contributed by atoms with Crippen LogP contribution in [0.15, 0.2) is 36.4 Å². The number of nitrogens with one attached hydrogen (secondary N) is 3. The Bertz CT molecular complexity index is 1410. The number of benzene rings is 2. The number of rotatable bonds is 12. The van der Waals surface area contributed by atoms with Gasteiger partial charge in [-0.1, -0.05) is 12.1 Å². The highest BCUT2D eigenvalue weighted by Gasteiger charge is 2.33. The molecule has 3 amide bonds. The van der Waals surface area contributed by atoms with Gasteiger partial charge in [0.1, 0.15) is 6.04 Å². The molecular weight excluding hydrogens is 552 g/mol. The summed E-state index contributed by atoms with van der Waals surface area (Å²) in [5.41, 5.74) is 2.48. The van der Waals surface area contributed by atoms with Gasteiger partial charge in [0.25, 0.3) is 11.8 Å². The van der Waals surface area contributed by atoms with Gasteiger partial charge in [0, 0.05) is 23.6 Å². The molecule has 0 bridgehead atoms. The number of fused-ring (bicyclic) bond motifs is 2. The second kappa shape index (κ2) is 13.2. The van der Waals surface area contributed by atoms with Crippen LogP contribution in [0, 0.1) is 0 Å². The second-order valence-electron chi connectivity index (χ2n) is 10.1. The van der Waals surface area contributed by atoms with Gasteiger partial charge in [-0.15, -0.1) is 0 Å². The van der Waals surface area contributed by atoms with E-state index in [1.54, 1.807) is 12.1 Å². The lowest BCUT2D eigenvalue weighted by Crippen LogP contribution is -2.59. The smallest absolute Gasteiger partial charge is 0.481 e.